The Balaban J connectivity index is 2.73. The highest BCUT2D eigenvalue weighted by molar-refractivity contribution is 5.77. The molecule has 15 heavy (non-hydrogen) atoms. The summed E-state index contributed by atoms with van der Waals surface area (Å²) in [7, 11) is 0. The van der Waals surface area contributed by atoms with Gasteiger partial charge in [0, 0.05) is 5.54 Å². The number of aromatic nitrogens is 2. The Labute approximate surface area is 89.0 Å². The second-order valence-corrected chi connectivity index (χ2v) is 4.60. The fourth-order valence-corrected chi connectivity index (χ4v) is 1.61. The van der Waals surface area contributed by atoms with E-state index in [4.69, 9.17) is 5.26 Å². The van der Waals surface area contributed by atoms with Gasteiger partial charge in [0.05, 0.1) is 29.0 Å². The molecule has 0 bridgehead atoms. The number of hydrogen-bond acceptors (Lipinski definition) is 2. The van der Waals surface area contributed by atoms with E-state index in [1.54, 1.807) is 6.07 Å². The van der Waals surface area contributed by atoms with Gasteiger partial charge in [-0.2, -0.15) is 5.26 Å². The van der Waals surface area contributed by atoms with E-state index >= 15 is 0 Å². The zero-order valence-corrected chi connectivity index (χ0v) is 9.15. The maximum absolute atomic E-state index is 8.85. The fourth-order valence-electron chi connectivity index (χ4n) is 1.61. The Hall–Kier alpha value is -1.82. The molecule has 0 fully saturated rings. The van der Waals surface area contributed by atoms with E-state index in [0.29, 0.717) is 5.56 Å². The largest absolute Gasteiger partial charge is 0.325 e. The first-order valence-corrected chi connectivity index (χ1v) is 4.90. The minimum Gasteiger partial charge on any atom is -0.325 e. The molecule has 0 radical (unpaired) electrons. The minimum atomic E-state index is -0.0111. The van der Waals surface area contributed by atoms with Gasteiger partial charge in [0.2, 0.25) is 0 Å². The molecular weight excluding hydrogens is 186 g/mol. The normalized spacial score (nSPS) is 11.6. The Kier molecular flexibility index (Phi) is 2.01. The van der Waals surface area contributed by atoms with Gasteiger partial charge in [-0.25, -0.2) is 4.98 Å². The lowest BCUT2D eigenvalue weighted by Gasteiger charge is -2.21. The van der Waals surface area contributed by atoms with Crippen LogP contribution >= 0.6 is 0 Å². The average molecular weight is 199 g/mol. The average Bonchev–Trinajstić information content (AvgIpc) is 2.59. The number of nitriles is 1. The van der Waals surface area contributed by atoms with Crippen LogP contribution in [0, 0.1) is 11.3 Å². The van der Waals surface area contributed by atoms with Gasteiger partial charge in [-0.15, -0.1) is 0 Å². The van der Waals surface area contributed by atoms with Crippen molar-refractivity contribution in [3.63, 3.8) is 0 Å². The van der Waals surface area contributed by atoms with Crippen molar-refractivity contribution in [1.29, 1.82) is 5.26 Å². The van der Waals surface area contributed by atoms with Gasteiger partial charge in [-0.3, -0.25) is 0 Å². The summed E-state index contributed by atoms with van der Waals surface area (Å²) in [6, 6.07) is 7.71. The SMILES string of the molecule is CC(C)(C)n1cnc2ccc(C#N)cc21. The zero-order valence-electron chi connectivity index (χ0n) is 9.15. The molecule has 2 aromatic rings. The van der Waals surface area contributed by atoms with E-state index in [1.165, 1.54) is 0 Å². The lowest BCUT2D eigenvalue weighted by molar-refractivity contribution is 0.408. The minimum absolute atomic E-state index is 0.0111. The molecule has 0 spiro atoms. The topological polar surface area (TPSA) is 41.6 Å². The highest BCUT2D eigenvalue weighted by atomic mass is 15.1. The molecule has 0 N–H and O–H groups in total. The maximum atomic E-state index is 8.85. The second-order valence-electron chi connectivity index (χ2n) is 4.60. The van der Waals surface area contributed by atoms with Crippen molar-refractivity contribution >= 4 is 11.0 Å². The van der Waals surface area contributed by atoms with Crippen molar-refractivity contribution in [2.24, 2.45) is 0 Å². The first-order chi connectivity index (χ1) is 7.02. The van der Waals surface area contributed by atoms with Crippen LogP contribution in [-0.4, -0.2) is 9.55 Å². The number of fused-ring (bicyclic) bond motifs is 1. The Morgan fingerprint density at radius 2 is 2.07 bits per heavy atom. The van der Waals surface area contributed by atoms with Crippen molar-refractivity contribution < 1.29 is 0 Å². The lowest BCUT2D eigenvalue weighted by Crippen LogP contribution is -2.20. The highest BCUT2D eigenvalue weighted by Gasteiger charge is 2.15. The molecule has 0 aliphatic heterocycles. The third kappa shape index (κ3) is 1.59. The molecule has 0 saturated carbocycles. The Bertz CT molecular complexity index is 538. The van der Waals surface area contributed by atoms with Crippen LogP contribution in [0.4, 0.5) is 0 Å². The quantitative estimate of drug-likeness (QED) is 0.654. The standard InChI is InChI=1S/C12H13N3/c1-12(2,3)15-8-14-10-5-4-9(7-13)6-11(10)15/h4-6,8H,1-3H3. The molecule has 0 aliphatic carbocycles. The molecule has 0 amide bonds. The van der Waals surface area contributed by atoms with E-state index < -0.39 is 0 Å². The predicted molar refractivity (Wildman–Crippen MR) is 59.4 cm³/mol. The molecule has 3 nitrogen and oxygen atoms in total. The molecular formula is C12H13N3. The van der Waals surface area contributed by atoms with E-state index in [1.807, 2.05) is 18.5 Å². The van der Waals surface area contributed by atoms with Gasteiger partial charge in [-0.05, 0) is 39.0 Å². The first-order valence-electron chi connectivity index (χ1n) is 4.90. The van der Waals surface area contributed by atoms with Crippen LogP contribution in [-0.2, 0) is 5.54 Å². The summed E-state index contributed by atoms with van der Waals surface area (Å²) in [6.45, 7) is 6.35. The predicted octanol–water partition coefficient (Wildman–Crippen LogP) is 2.66. The van der Waals surface area contributed by atoms with Crippen LogP contribution in [0.15, 0.2) is 24.5 Å². The van der Waals surface area contributed by atoms with E-state index in [0.717, 1.165) is 11.0 Å². The molecule has 76 valence electrons. The van der Waals surface area contributed by atoms with Crippen LogP contribution < -0.4 is 0 Å². The summed E-state index contributed by atoms with van der Waals surface area (Å²) in [5, 5.41) is 8.85. The van der Waals surface area contributed by atoms with Gasteiger partial charge >= 0.3 is 0 Å². The number of nitrogens with zero attached hydrogens (tertiary/aromatic N) is 3. The molecule has 1 aromatic heterocycles. The number of benzene rings is 1. The summed E-state index contributed by atoms with van der Waals surface area (Å²) in [5.74, 6) is 0. The number of hydrogen-bond donors (Lipinski definition) is 0. The van der Waals surface area contributed by atoms with Crippen molar-refractivity contribution in [3.8, 4) is 6.07 Å². The summed E-state index contributed by atoms with van der Waals surface area (Å²) in [6.07, 6.45) is 1.83. The van der Waals surface area contributed by atoms with Crippen LogP contribution in [0.25, 0.3) is 11.0 Å². The summed E-state index contributed by atoms with van der Waals surface area (Å²) < 4.78 is 2.09. The highest BCUT2D eigenvalue weighted by Crippen LogP contribution is 2.22. The Morgan fingerprint density at radius 1 is 1.33 bits per heavy atom. The van der Waals surface area contributed by atoms with Crippen molar-refractivity contribution in [1.82, 2.24) is 9.55 Å². The third-order valence-corrected chi connectivity index (χ3v) is 2.40. The van der Waals surface area contributed by atoms with Crippen LogP contribution in [0.1, 0.15) is 26.3 Å². The van der Waals surface area contributed by atoms with Crippen LogP contribution in [0.2, 0.25) is 0 Å². The number of rotatable bonds is 0. The van der Waals surface area contributed by atoms with Crippen LogP contribution in [0.3, 0.4) is 0 Å². The third-order valence-electron chi connectivity index (χ3n) is 2.40. The number of imidazole rings is 1. The molecule has 0 saturated heterocycles. The van der Waals surface area contributed by atoms with E-state index in [-0.39, 0.29) is 5.54 Å². The van der Waals surface area contributed by atoms with Crippen LogP contribution in [0.5, 0.6) is 0 Å². The van der Waals surface area contributed by atoms with Gasteiger partial charge in [0.15, 0.2) is 0 Å². The van der Waals surface area contributed by atoms with E-state index in [9.17, 15) is 0 Å². The van der Waals surface area contributed by atoms with Gasteiger partial charge in [0.25, 0.3) is 0 Å². The molecule has 0 atom stereocenters. The van der Waals surface area contributed by atoms with Gasteiger partial charge in [-0.1, -0.05) is 0 Å². The summed E-state index contributed by atoms with van der Waals surface area (Å²) in [5.41, 5.74) is 2.61. The Morgan fingerprint density at radius 3 is 2.67 bits per heavy atom. The maximum Gasteiger partial charge on any atom is 0.0992 e. The molecule has 1 heterocycles. The van der Waals surface area contributed by atoms with Gasteiger partial charge < -0.3 is 4.57 Å². The van der Waals surface area contributed by atoms with Crippen molar-refractivity contribution in [2.75, 3.05) is 0 Å². The van der Waals surface area contributed by atoms with Crippen molar-refractivity contribution in [3.05, 3.63) is 30.1 Å². The zero-order chi connectivity index (χ0) is 11.1. The molecule has 0 unspecified atom stereocenters. The molecule has 2 rings (SSSR count). The molecule has 3 heteroatoms. The first kappa shape index (κ1) is 9.72. The van der Waals surface area contributed by atoms with Crippen molar-refractivity contribution in [2.45, 2.75) is 26.3 Å². The summed E-state index contributed by atoms with van der Waals surface area (Å²) in [4.78, 5) is 4.31. The summed E-state index contributed by atoms with van der Waals surface area (Å²) >= 11 is 0. The molecule has 1 aromatic carbocycles. The monoisotopic (exact) mass is 199 g/mol. The molecule has 0 aliphatic rings. The fraction of sp³-hybridized carbons (Fsp3) is 0.333. The van der Waals surface area contributed by atoms with E-state index in [2.05, 4.69) is 36.4 Å². The smallest absolute Gasteiger partial charge is 0.0992 e. The van der Waals surface area contributed by atoms with Gasteiger partial charge in [0.1, 0.15) is 0 Å². The lowest BCUT2D eigenvalue weighted by atomic mass is 10.1. The second kappa shape index (κ2) is 3.09.